The summed E-state index contributed by atoms with van der Waals surface area (Å²) in [6, 6.07) is 0. The van der Waals surface area contributed by atoms with Crippen LogP contribution in [0.5, 0.6) is 0 Å². The number of thiazole rings is 1. The third kappa shape index (κ3) is 1.54. The van der Waals surface area contributed by atoms with Gasteiger partial charge in [0.05, 0.1) is 17.3 Å². The average Bonchev–Trinajstić information content (AvgIpc) is 2.62. The Labute approximate surface area is 87.1 Å². The van der Waals surface area contributed by atoms with Crippen molar-refractivity contribution in [2.24, 2.45) is 0 Å². The van der Waals surface area contributed by atoms with Crippen LogP contribution in [0, 0.1) is 6.92 Å². The molecule has 1 aliphatic carbocycles. The van der Waals surface area contributed by atoms with Crippen molar-refractivity contribution in [3.05, 3.63) is 15.6 Å². The van der Waals surface area contributed by atoms with Crippen LogP contribution in [0.15, 0.2) is 0 Å². The van der Waals surface area contributed by atoms with Crippen molar-refractivity contribution < 1.29 is 9.53 Å². The fourth-order valence-corrected chi connectivity index (χ4v) is 2.83. The van der Waals surface area contributed by atoms with E-state index in [0.717, 1.165) is 23.5 Å². The third-order valence-corrected chi connectivity index (χ3v) is 3.44. The summed E-state index contributed by atoms with van der Waals surface area (Å²) in [5.41, 5.74) is 0.964. The van der Waals surface area contributed by atoms with E-state index in [1.807, 2.05) is 13.8 Å². The molecule has 0 radical (unpaired) electrons. The Morgan fingerprint density at radius 2 is 2.50 bits per heavy atom. The van der Waals surface area contributed by atoms with Crippen molar-refractivity contribution in [1.82, 2.24) is 4.98 Å². The number of fused-ring (bicyclic) bond motifs is 1. The van der Waals surface area contributed by atoms with Gasteiger partial charge >= 0.3 is 5.97 Å². The van der Waals surface area contributed by atoms with Crippen LogP contribution in [0.3, 0.4) is 0 Å². The molecule has 0 bridgehead atoms. The minimum atomic E-state index is -0.114. The number of aromatic nitrogens is 1. The van der Waals surface area contributed by atoms with Gasteiger partial charge < -0.3 is 4.74 Å². The maximum Gasteiger partial charge on any atom is 0.315 e. The van der Waals surface area contributed by atoms with Crippen molar-refractivity contribution >= 4 is 17.3 Å². The van der Waals surface area contributed by atoms with E-state index in [2.05, 4.69) is 4.98 Å². The largest absolute Gasteiger partial charge is 0.465 e. The summed E-state index contributed by atoms with van der Waals surface area (Å²) < 4.78 is 5.02. The predicted octanol–water partition coefficient (Wildman–Crippen LogP) is 2.04. The van der Waals surface area contributed by atoms with Crippen molar-refractivity contribution in [2.45, 2.75) is 32.6 Å². The van der Waals surface area contributed by atoms with Gasteiger partial charge in [0.15, 0.2) is 0 Å². The number of nitrogens with zero attached hydrogens (tertiary/aromatic N) is 1. The summed E-state index contributed by atoms with van der Waals surface area (Å²) >= 11 is 1.70. The van der Waals surface area contributed by atoms with Gasteiger partial charge in [0.1, 0.15) is 5.92 Å². The number of ether oxygens (including phenoxy) is 1. The molecule has 1 heterocycles. The quantitative estimate of drug-likeness (QED) is 0.703. The zero-order valence-electron chi connectivity index (χ0n) is 8.37. The summed E-state index contributed by atoms with van der Waals surface area (Å²) in [5, 5.41) is 1.05. The first-order valence-corrected chi connectivity index (χ1v) is 5.67. The van der Waals surface area contributed by atoms with Gasteiger partial charge in [-0.05, 0) is 26.7 Å². The molecule has 1 atom stereocenters. The van der Waals surface area contributed by atoms with E-state index in [-0.39, 0.29) is 11.9 Å². The Balaban J connectivity index is 2.20. The van der Waals surface area contributed by atoms with Gasteiger partial charge in [-0.1, -0.05) is 0 Å². The highest BCUT2D eigenvalue weighted by molar-refractivity contribution is 7.11. The summed E-state index contributed by atoms with van der Waals surface area (Å²) in [5.74, 6) is -0.216. The van der Waals surface area contributed by atoms with Crippen LogP contribution in [0.1, 0.15) is 34.8 Å². The zero-order valence-corrected chi connectivity index (χ0v) is 9.19. The monoisotopic (exact) mass is 211 g/mol. The van der Waals surface area contributed by atoms with Gasteiger partial charge in [0.25, 0.3) is 0 Å². The van der Waals surface area contributed by atoms with Crippen LogP contribution in [0.2, 0.25) is 0 Å². The molecule has 1 aromatic heterocycles. The van der Waals surface area contributed by atoms with Crippen molar-refractivity contribution in [1.29, 1.82) is 0 Å². The molecule has 0 amide bonds. The van der Waals surface area contributed by atoms with Gasteiger partial charge in [-0.25, -0.2) is 4.98 Å². The molecule has 0 aliphatic heterocycles. The fraction of sp³-hybridized carbons (Fsp3) is 0.600. The lowest BCUT2D eigenvalue weighted by Crippen LogP contribution is -2.14. The van der Waals surface area contributed by atoms with Crippen molar-refractivity contribution in [3.8, 4) is 0 Å². The third-order valence-electron chi connectivity index (χ3n) is 2.40. The van der Waals surface area contributed by atoms with Crippen molar-refractivity contribution in [3.63, 3.8) is 0 Å². The van der Waals surface area contributed by atoms with Crippen molar-refractivity contribution in [2.75, 3.05) is 6.61 Å². The molecule has 1 aliphatic rings. The van der Waals surface area contributed by atoms with Crippen LogP contribution in [0.25, 0.3) is 0 Å². The second-order valence-electron chi connectivity index (χ2n) is 3.38. The Hall–Kier alpha value is -0.900. The number of aryl methyl sites for hydroxylation is 2. The SMILES string of the molecule is CCOC(=O)[C@@H]1CCc2sc(C)nc21. The summed E-state index contributed by atoms with van der Waals surface area (Å²) in [6.07, 6.45) is 1.84. The Kier molecular flexibility index (Phi) is 2.54. The number of carbonyl (C=O) groups is 1. The van der Waals surface area contributed by atoms with Crippen LogP contribution in [0.4, 0.5) is 0 Å². The molecule has 4 heteroatoms. The summed E-state index contributed by atoms with van der Waals surface area (Å²) in [7, 11) is 0. The summed E-state index contributed by atoms with van der Waals surface area (Å²) in [4.78, 5) is 17.2. The standard InChI is InChI=1S/C10H13NO2S/c1-3-13-10(12)7-4-5-8-9(7)11-6(2)14-8/h7H,3-5H2,1-2H3/t7-/m1/s1. The first kappa shape index (κ1) is 9.65. The maximum atomic E-state index is 11.6. The fourth-order valence-electron chi connectivity index (χ4n) is 1.82. The first-order chi connectivity index (χ1) is 6.72. The molecule has 3 nitrogen and oxygen atoms in total. The van der Waals surface area contributed by atoms with Crippen LogP contribution < -0.4 is 0 Å². The van der Waals surface area contributed by atoms with E-state index in [1.165, 1.54) is 4.88 Å². The lowest BCUT2D eigenvalue weighted by atomic mass is 10.1. The van der Waals surface area contributed by atoms with E-state index in [4.69, 9.17) is 4.74 Å². The Bertz CT molecular complexity index is 359. The lowest BCUT2D eigenvalue weighted by molar-refractivity contribution is -0.145. The predicted molar refractivity (Wildman–Crippen MR) is 54.5 cm³/mol. The topological polar surface area (TPSA) is 39.2 Å². The molecular weight excluding hydrogens is 198 g/mol. The molecule has 0 spiro atoms. The minimum Gasteiger partial charge on any atom is -0.465 e. The number of carbonyl (C=O) groups excluding carboxylic acids is 1. The molecule has 14 heavy (non-hydrogen) atoms. The number of hydrogen-bond acceptors (Lipinski definition) is 4. The average molecular weight is 211 g/mol. The second-order valence-corrected chi connectivity index (χ2v) is 4.67. The first-order valence-electron chi connectivity index (χ1n) is 4.85. The van der Waals surface area contributed by atoms with Gasteiger partial charge in [-0.3, -0.25) is 4.79 Å². The van der Waals surface area contributed by atoms with Crippen LogP contribution >= 0.6 is 11.3 Å². The maximum absolute atomic E-state index is 11.6. The molecule has 76 valence electrons. The van der Waals surface area contributed by atoms with Gasteiger partial charge in [-0.15, -0.1) is 11.3 Å². The highest BCUT2D eigenvalue weighted by Gasteiger charge is 2.32. The van der Waals surface area contributed by atoms with Gasteiger partial charge in [-0.2, -0.15) is 0 Å². The number of esters is 1. The normalized spacial score (nSPS) is 19.4. The molecule has 0 saturated carbocycles. The molecule has 0 fully saturated rings. The van der Waals surface area contributed by atoms with Crippen LogP contribution in [-0.2, 0) is 16.0 Å². The highest BCUT2D eigenvalue weighted by atomic mass is 32.1. The number of rotatable bonds is 2. The molecule has 1 aromatic rings. The smallest absolute Gasteiger partial charge is 0.315 e. The van der Waals surface area contributed by atoms with E-state index in [1.54, 1.807) is 11.3 Å². The molecule has 0 saturated heterocycles. The van der Waals surface area contributed by atoms with E-state index in [9.17, 15) is 4.79 Å². The van der Waals surface area contributed by atoms with E-state index < -0.39 is 0 Å². The molecular formula is C10H13NO2S. The summed E-state index contributed by atoms with van der Waals surface area (Å²) in [6.45, 7) is 4.26. The van der Waals surface area contributed by atoms with Crippen LogP contribution in [-0.4, -0.2) is 17.6 Å². The molecule has 0 N–H and O–H groups in total. The molecule has 0 aromatic carbocycles. The molecule has 2 rings (SSSR count). The second kappa shape index (κ2) is 3.69. The van der Waals surface area contributed by atoms with E-state index in [0.29, 0.717) is 6.61 Å². The highest BCUT2D eigenvalue weighted by Crippen LogP contribution is 2.36. The van der Waals surface area contributed by atoms with Gasteiger partial charge in [0, 0.05) is 4.88 Å². The molecule has 0 unspecified atom stereocenters. The number of hydrogen-bond donors (Lipinski definition) is 0. The Morgan fingerprint density at radius 1 is 1.71 bits per heavy atom. The zero-order chi connectivity index (χ0) is 10.1. The lowest BCUT2D eigenvalue weighted by Gasteiger charge is -2.07. The Morgan fingerprint density at radius 3 is 3.21 bits per heavy atom. The van der Waals surface area contributed by atoms with Gasteiger partial charge in [0.2, 0.25) is 0 Å². The van der Waals surface area contributed by atoms with E-state index >= 15 is 0 Å². The minimum absolute atomic E-state index is 0.102.